The van der Waals surface area contributed by atoms with Gasteiger partial charge in [-0.1, -0.05) is 6.07 Å². The SMILES string of the molecule is Bc1ccc(-c2cc(O)c(-c3ccc(Br)s3)cc2O)s1. The normalized spacial score (nSPS) is 10.8. The summed E-state index contributed by atoms with van der Waals surface area (Å²) in [7, 11) is 2.02. The molecule has 0 atom stereocenters. The molecular weight excluding hydrogens is 355 g/mol. The summed E-state index contributed by atoms with van der Waals surface area (Å²) in [6, 6.07) is 11.0. The highest BCUT2D eigenvalue weighted by Gasteiger charge is 2.14. The fourth-order valence-corrected chi connectivity index (χ4v) is 4.31. The van der Waals surface area contributed by atoms with E-state index < -0.39 is 0 Å². The molecule has 0 bridgehead atoms. The van der Waals surface area contributed by atoms with Crippen LogP contribution in [0.15, 0.2) is 40.2 Å². The van der Waals surface area contributed by atoms with Crippen molar-refractivity contribution in [1.29, 1.82) is 0 Å². The number of hydrogen-bond acceptors (Lipinski definition) is 4. The summed E-state index contributed by atoms with van der Waals surface area (Å²) in [5.74, 6) is 0.363. The van der Waals surface area contributed by atoms with Crippen molar-refractivity contribution in [1.82, 2.24) is 0 Å². The number of phenols is 2. The summed E-state index contributed by atoms with van der Waals surface area (Å²) in [4.78, 5) is 1.87. The first-order chi connectivity index (χ1) is 9.54. The molecule has 3 rings (SSSR count). The van der Waals surface area contributed by atoms with Gasteiger partial charge >= 0.3 is 0 Å². The zero-order chi connectivity index (χ0) is 14.3. The summed E-state index contributed by atoms with van der Waals surface area (Å²) in [6.07, 6.45) is 0. The van der Waals surface area contributed by atoms with Crippen LogP contribution in [0.4, 0.5) is 0 Å². The Morgan fingerprint density at radius 1 is 0.850 bits per heavy atom. The second-order valence-electron chi connectivity index (χ2n) is 4.40. The molecule has 20 heavy (non-hydrogen) atoms. The van der Waals surface area contributed by atoms with Gasteiger partial charge in [-0.05, 0) is 51.0 Å². The van der Waals surface area contributed by atoms with Gasteiger partial charge in [-0.25, -0.2) is 0 Å². The summed E-state index contributed by atoms with van der Waals surface area (Å²) in [6.45, 7) is 0. The minimum Gasteiger partial charge on any atom is -0.507 e. The Balaban J connectivity index is 2.11. The molecule has 2 N–H and O–H groups in total. The van der Waals surface area contributed by atoms with E-state index in [1.54, 1.807) is 23.5 Å². The van der Waals surface area contributed by atoms with Crippen LogP contribution in [0.5, 0.6) is 11.5 Å². The van der Waals surface area contributed by atoms with Crippen LogP contribution in [0.2, 0.25) is 0 Å². The van der Waals surface area contributed by atoms with Crippen molar-refractivity contribution in [3.8, 4) is 32.4 Å². The molecule has 2 heterocycles. The average Bonchev–Trinajstić information content (AvgIpc) is 3.00. The maximum absolute atomic E-state index is 10.2. The molecular formula is C14H10BBrO2S2. The lowest BCUT2D eigenvalue weighted by Crippen LogP contribution is -1.88. The van der Waals surface area contributed by atoms with Gasteiger partial charge in [-0.3, -0.25) is 0 Å². The van der Waals surface area contributed by atoms with Gasteiger partial charge in [0.05, 0.1) is 3.79 Å². The van der Waals surface area contributed by atoms with Gasteiger partial charge < -0.3 is 10.2 Å². The van der Waals surface area contributed by atoms with Gasteiger partial charge in [0, 0.05) is 20.9 Å². The van der Waals surface area contributed by atoms with Crippen molar-refractivity contribution in [2.45, 2.75) is 0 Å². The van der Waals surface area contributed by atoms with Gasteiger partial charge in [0.2, 0.25) is 0 Å². The smallest absolute Gasteiger partial charge is 0.152 e. The first-order valence-corrected chi connectivity index (χ1v) is 8.35. The van der Waals surface area contributed by atoms with Crippen molar-refractivity contribution in [3.63, 3.8) is 0 Å². The predicted molar refractivity (Wildman–Crippen MR) is 92.3 cm³/mol. The molecule has 0 spiro atoms. The lowest BCUT2D eigenvalue weighted by molar-refractivity contribution is 0.464. The molecule has 0 saturated carbocycles. The van der Waals surface area contributed by atoms with E-state index in [0.29, 0.717) is 11.1 Å². The highest BCUT2D eigenvalue weighted by Crippen LogP contribution is 2.43. The molecule has 6 heteroatoms. The van der Waals surface area contributed by atoms with Gasteiger partial charge in [0.15, 0.2) is 7.85 Å². The third-order valence-corrected chi connectivity index (χ3v) is 5.65. The van der Waals surface area contributed by atoms with Crippen molar-refractivity contribution in [2.75, 3.05) is 0 Å². The number of thiophene rings is 2. The van der Waals surface area contributed by atoms with Crippen molar-refractivity contribution >= 4 is 51.2 Å². The van der Waals surface area contributed by atoms with E-state index in [0.717, 1.165) is 13.5 Å². The second kappa shape index (κ2) is 5.28. The van der Waals surface area contributed by atoms with Crippen molar-refractivity contribution < 1.29 is 10.2 Å². The number of phenolic OH excluding ortho intramolecular Hbond substituents is 2. The number of halogens is 1. The summed E-state index contributed by atoms with van der Waals surface area (Å²) in [5, 5.41) is 20.5. The summed E-state index contributed by atoms with van der Waals surface area (Å²) < 4.78 is 2.16. The molecule has 0 amide bonds. The molecule has 0 aliphatic rings. The average molecular weight is 365 g/mol. The largest absolute Gasteiger partial charge is 0.507 e. The topological polar surface area (TPSA) is 40.5 Å². The van der Waals surface area contributed by atoms with E-state index in [4.69, 9.17) is 0 Å². The fraction of sp³-hybridized carbons (Fsp3) is 0. The number of hydrogen-bond donors (Lipinski definition) is 2. The Morgan fingerprint density at radius 3 is 1.85 bits per heavy atom. The molecule has 0 aliphatic carbocycles. The highest BCUT2D eigenvalue weighted by atomic mass is 79.9. The van der Waals surface area contributed by atoms with Crippen molar-refractivity contribution in [2.24, 2.45) is 0 Å². The van der Waals surface area contributed by atoms with E-state index in [2.05, 4.69) is 15.9 Å². The molecule has 3 aromatic rings. The van der Waals surface area contributed by atoms with E-state index >= 15 is 0 Å². The molecule has 100 valence electrons. The summed E-state index contributed by atoms with van der Waals surface area (Å²) in [5.41, 5.74) is 1.31. The third-order valence-electron chi connectivity index (χ3n) is 2.96. The van der Waals surface area contributed by atoms with Crippen LogP contribution in [0.1, 0.15) is 0 Å². The zero-order valence-corrected chi connectivity index (χ0v) is 13.8. The van der Waals surface area contributed by atoms with E-state index in [1.807, 2.05) is 32.1 Å². The maximum atomic E-state index is 10.2. The minimum absolute atomic E-state index is 0.179. The standard InChI is InChI=1S/C14H10BBrO2S2/c15-13-3-1-11(19-13)7-5-10(18)8(6-9(7)17)12-2-4-14(16)20-12/h1-6,17-18H,15H2. The summed E-state index contributed by atoms with van der Waals surface area (Å²) >= 11 is 6.51. The van der Waals surface area contributed by atoms with E-state index in [-0.39, 0.29) is 11.5 Å². The Kier molecular flexibility index (Phi) is 3.62. The van der Waals surface area contributed by atoms with Crippen LogP contribution in [-0.4, -0.2) is 18.1 Å². The molecule has 2 aromatic heterocycles. The van der Waals surface area contributed by atoms with Crippen LogP contribution in [0.3, 0.4) is 0 Å². The fourth-order valence-electron chi connectivity index (χ4n) is 2.01. The number of rotatable bonds is 2. The van der Waals surface area contributed by atoms with Crippen LogP contribution < -0.4 is 4.78 Å². The minimum atomic E-state index is 0.179. The molecule has 0 radical (unpaired) electrons. The quantitative estimate of drug-likeness (QED) is 0.539. The molecule has 0 aliphatic heterocycles. The first-order valence-electron chi connectivity index (χ1n) is 5.93. The number of benzene rings is 1. The second-order valence-corrected chi connectivity index (χ2v) is 8.15. The van der Waals surface area contributed by atoms with E-state index in [1.165, 1.54) is 16.1 Å². The third kappa shape index (κ3) is 2.51. The highest BCUT2D eigenvalue weighted by molar-refractivity contribution is 9.11. The molecule has 0 unspecified atom stereocenters. The Bertz CT molecular complexity index is 713. The van der Waals surface area contributed by atoms with Crippen molar-refractivity contribution in [3.05, 3.63) is 40.2 Å². The number of aromatic hydroxyl groups is 2. The van der Waals surface area contributed by atoms with Gasteiger partial charge in [0.1, 0.15) is 11.5 Å². The van der Waals surface area contributed by atoms with Crippen LogP contribution in [0, 0.1) is 0 Å². The monoisotopic (exact) mass is 364 g/mol. The van der Waals surface area contributed by atoms with Crippen LogP contribution in [0.25, 0.3) is 20.9 Å². The lowest BCUT2D eigenvalue weighted by atomic mass is 10.1. The maximum Gasteiger partial charge on any atom is 0.152 e. The van der Waals surface area contributed by atoms with Gasteiger partial charge in [-0.15, -0.1) is 11.3 Å². The van der Waals surface area contributed by atoms with Gasteiger partial charge in [-0.2, -0.15) is 11.3 Å². The first kappa shape index (κ1) is 13.7. The zero-order valence-electron chi connectivity index (χ0n) is 10.6. The molecule has 0 fully saturated rings. The van der Waals surface area contributed by atoms with Gasteiger partial charge in [0.25, 0.3) is 0 Å². The Morgan fingerprint density at radius 2 is 1.40 bits per heavy atom. The van der Waals surface area contributed by atoms with Crippen LogP contribution in [-0.2, 0) is 0 Å². The van der Waals surface area contributed by atoms with E-state index in [9.17, 15) is 10.2 Å². The Hall–Kier alpha value is -1.24. The lowest BCUT2D eigenvalue weighted by Gasteiger charge is -2.07. The predicted octanol–water partition coefficient (Wildman–Crippen LogP) is 3.58. The molecule has 0 saturated heterocycles. The molecule has 1 aromatic carbocycles. The van der Waals surface area contributed by atoms with Crippen LogP contribution >= 0.6 is 38.6 Å². The molecule has 2 nitrogen and oxygen atoms in total. The Labute approximate surface area is 133 Å².